The highest BCUT2D eigenvalue weighted by Crippen LogP contribution is 2.26. The molecule has 2 aliphatic rings. The molecule has 0 spiro atoms. The summed E-state index contributed by atoms with van der Waals surface area (Å²) in [6.07, 6.45) is 1.27. The molecule has 5 nitrogen and oxygen atoms in total. The van der Waals surface area contributed by atoms with Crippen LogP contribution in [-0.2, 0) is 17.6 Å². The molecule has 2 heterocycles. The minimum atomic E-state index is 0.0373. The average Bonchev–Trinajstić information content (AvgIpc) is 3.17. The largest absolute Gasteiger partial charge is 0.493 e. The normalized spacial score (nSPS) is 16.0. The molecule has 0 radical (unpaired) electrons. The van der Waals surface area contributed by atoms with Crippen molar-refractivity contribution in [2.45, 2.75) is 19.8 Å². The lowest BCUT2D eigenvalue weighted by Gasteiger charge is -2.35. The molecular formula is C22H24N2O3. The zero-order valence-corrected chi connectivity index (χ0v) is 15.6. The number of benzene rings is 2. The van der Waals surface area contributed by atoms with Crippen molar-refractivity contribution in [1.82, 2.24) is 9.80 Å². The van der Waals surface area contributed by atoms with E-state index in [4.69, 9.17) is 4.74 Å². The van der Waals surface area contributed by atoms with E-state index in [9.17, 15) is 9.59 Å². The molecule has 0 saturated carbocycles. The summed E-state index contributed by atoms with van der Waals surface area (Å²) in [5.74, 6) is 1.05. The molecule has 2 amide bonds. The number of carbonyl (C=O) groups excluding carboxylic acids is 2. The number of fused-ring (bicyclic) bond motifs is 1. The fourth-order valence-corrected chi connectivity index (χ4v) is 3.65. The highest BCUT2D eigenvalue weighted by atomic mass is 16.5. The van der Waals surface area contributed by atoms with Gasteiger partial charge in [-0.2, -0.15) is 0 Å². The molecule has 0 bridgehead atoms. The van der Waals surface area contributed by atoms with Gasteiger partial charge in [-0.05, 0) is 36.2 Å². The smallest absolute Gasteiger partial charge is 0.253 e. The van der Waals surface area contributed by atoms with Crippen LogP contribution >= 0.6 is 0 Å². The van der Waals surface area contributed by atoms with E-state index in [1.54, 1.807) is 0 Å². The predicted octanol–water partition coefficient (Wildman–Crippen LogP) is 2.46. The summed E-state index contributed by atoms with van der Waals surface area (Å²) in [5.41, 5.74) is 4.03. The van der Waals surface area contributed by atoms with Crippen LogP contribution in [0.2, 0.25) is 0 Å². The van der Waals surface area contributed by atoms with Gasteiger partial charge in [0.2, 0.25) is 5.91 Å². The minimum Gasteiger partial charge on any atom is -0.493 e. The van der Waals surface area contributed by atoms with Crippen molar-refractivity contribution < 1.29 is 14.3 Å². The fourth-order valence-electron chi connectivity index (χ4n) is 3.65. The molecule has 27 heavy (non-hydrogen) atoms. The summed E-state index contributed by atoms with van der Waals surface area (Å²) >= 11 is 0. The first-order valence-corrected chi connectivity index (χ1v) is 9.48. The van der Waals surface area contributed by atoms with E-state index in [-0.39, 0.29) is 11.8 Å². The Balaban J connectivity index is 1.33. The van der Waals surface area contributed by atoms with Crippen molar-refractivity contribution in [3.8, 4) is 5.75 Å². The lowest BCUT2D eigenvalue weighted by Crippen LogP contribution is -2.51. The number of hydrogen-bond donors (Lipinski definition) is 0. The molecule has 0 N–H and O–H groups in total. The average molecular weight is 364 g/mol. The van der Waals surface area contributed by atoms with E-state index < -0.39 is 0 Å². The van der Waals surface area contributed by atoms with Crippen molar-refractivity contribution in [3.63, 3.8) is 0 Å². The van der Waals surface area contributed by atoms with Crippen LogP contribution in [0.5, 0.6) is 5.75 Å². The first-order valence-electron chi connectivity index (χ1n) is 9.48. The van der Waals surface area contributed by atoms with Crippen molar-refractivity contribution in [2.24, 2.45) is 0 Å². The van der Waals surface area contributed by atoms with Crippen LogP contribution in [0.15, 0.2) is 42.5 Å². The number of nitrogens with zero attached hydrogens (tertiary/aromatic N) is 2. The lowest BCUT2D eigenvalue weighted by molar-refractivity contribution is -0.131. The van der Waals surface area contributed by atoms with E-state index in [0.717, 1.165) is 23.3 Å². The number of hydrogen-bond acceptors (Lipinski definition) is 3. The van der Waals surface area contributed by atoms with Crippen LogP contribution in [-0.4, -0.2) is 54.4 Å². The molecule has 1 fully saturated rings. The van der Waals surface area contributed by atoms with Crippen LogP contribution < -0.4 is 4.74 Å². The number of rotatable bonds is 3. The van der Waals surface area contributed by atoms with Crippen LogP contribution in [0.1, 0.15) is 27.0 Å². The monoisotopic (exact) mass is 364 g/mol. The molecule has 0 aromatic heterocycles. The Morgan fingerprint density at radius 1 is 0.963 bits per heavy atom. The third-order valence-corrected chi connectivity index (χ3v) is 5.33. The number of carbonyl (C=O) groups is 2. The minimum absolute atomic E-state index is 0.0373. The first kappa shape index (κ1) is 17.6. The van der Waals surface area contributed by atoms with E-state index in [0.29, 0.717) is 44.8 Å². The van der Waals surface area contributed by atoms with Gasteiger partial charge in [0, 0.05) is 38.2 Å². The maximum atomic E-state index is 12.8. The number of aryl methyl sites for hydroxylation is 1. The summed E-state index contributed by atoms with van der Waals surface area (Å²) in [7, 11) is 0. The van der Waals surface area contributed by atoms with Crippen LogP contribution in [0.4, 0.5) is 0 Å². The first-order chi connectivity index (χ1) is 13.1. The summed E-state index contributed by atoms with van der Waals surface area (Å²) in [6.45, 7) is 5.05. The molecule has 5 heteroatoms. The highest BCUT2D eigenvalue weighted by Gasteiger charge is 2.25. The zero-order chi connectivity index (χ0) is 18.8. The van der Waals surface area contributed by atoms with Gasteiger partial charge in [0.05, 0.1) is 13.0 Å². The van der Waals surface area contributed by atoms with E-state index >= 15 is 0 Å². The Morgan fingerprint density at radius 2 is 1.67 bits per heavy atom. The van der Waals surface area contributed by atoms with E-state index in [2.05, 4.69) is 0 Å². The van der Waals surface area contributed by atoms with Gasteiger partial charge in [-0.3, -0.25) is 9.59 Å². The molecule has 2 aliphatic heterocycles. The van der Waals surface area contributed by atoms with Gasteiger partial charge in [-0.15, -0.1) is 0 Å². The molecule has 2 aromatic rings. The van der Waals surface area contributed by atoms with Gasteiger partial charge < -0.3 is 14.5 Å². The number of ether oxygens (including phenoxy) is 1. The number of amides is 2. The zero-order valence-electron chi connectivity index (χ0n) is 15.6. The standard InChI is InChI=1S/C22H24N2O3/c1-16-2-4-17(5-3-16)14-21(25)23-9-11-24(12-10-23)22(26)19-6-7-20-18(15-19)8-13-27-20/h2-7,15H,8-14H2,1H3. The highest BCUT2D eigenvalue weighted by molar-refractivity contribution is 5.95. The SMILES string of the molecule is Cc1ccc(CC(=O)N2CCN(C(=O)c3ccc4c(c3)CCO4)CC2)cc1. The van der Waals surface area contributed by atoms with Crippen molar-refractivity contribution in [2.75, 3.05) is 32.8 Å². The van der Waals surface area contributed by atoms with Crippen molar-refractivity contribution >= 4 is 11.8 Å². The number of piperazine rings is 1. The Labute approximate surface area is 159 Å². The molecule has 140 valence electrons. The van der Waals surface area contributed by atoms with Gasteiger partial charge in [-0.25, -0.2) is 0 Å². The van der Waals surface area contributed by atoms with Gasteiger partial charge >= 0.3 is 0 Å². The van der Waals surface area contributed by atoms with Crippen molar-refractivity contribution in [3.05, 3.63) is 64.7 Å². The summed E-state index contributed by atoms with van der Waals surface area (Å²) in [5, 5.41) is 0. The Kier molecular flexibility index (Phi) is 4.84. The maximum absolute atomic E-state index is 12.8. The summed E-state index contributed by atoms with van der Waals surface area (Å²) in [6, 6.07) is 13.7. The molecule has 1 saturated heterocycles. The Morgan fingerprint density at radius 3 is 2.41 bits per heavy atom. The molecule has 0 unspecified atom stereocenters. The molecule has 0 aliphatic carbocycles. The molecule has 2 aromatic carbocycles. The second-order valence-electron chi connectivity index (χ2n) is 7.26. The van der Waals surface area contributed by atoms with E-state index in [1.165, 1.54) is 5.56 Å². The summed E-state index contributed by atoms with van der Waals surface area (Å²) < 4.78 is 5.51. The van der Waals surface area contributed by atoms with Gasteiger partial charge in [0.25, 0.3) is 5.91 Å². The molecular weight excluding hydrogens is 340 g/mol. The summed E-state index contributed by atoms with van der Waals surface area (Å²) in [4.78, 5) is 29.0. The third-order valence-electron chi connectivity index (χ3n) is 5.33. The quantitative estimate of drug-likeness (QED) is 0.841. The van der Waals surface area contributed by atoms with Crippen molar-refractivity contribution in [1.29, 1.82) is 0 Å². The second kappa shape index (κ2) is 7.43. The van der Waals surface area contributed by atoms with Gasteiger partial charge in [0.15, 0.2) is 0 Å². The van der Waals surface area contributed by atoms with Crippen LogP contribution in [0.3, 0.4) is 0 Å². The van der Waals surface area contributed by atoms with Gasteiger partial charge in [0.1, 0.15) is 5.75 Å². The second-order valence-corrected chi connectivity index (χ2v) is 7.26. The topological polar surface area (TPSA) is 49.9 Å². The van der Waals surface area contributed by atoms with E-state index in [1.807, 2.05) is 59.2 Å². The third kappa shape index (κ3) is 3.82. The molecule has 0 atom stereocenters. The van der Waals surface area contributed by atoms with Crippen LogP contribution in [0.25, 0.3) is 0 Å². The maximum Gasteiger partial charge on any atom is 0.253 e. The van der Waals surface area contributed by atoms with Crippen LogP contribution in [0, 0.1) is 6.92 Å². The predicted molar refractivity (Wildman–Crippen MR) is 103 cm³/mol. The Hall–Kier alpha value is -2.82. The fraction of sp³-hybridized carbons (Fsp3) is 0.364. The lowest BCUT2D eigenvalue weighted by atomic mass is 10.1. The van der Waals surface area contributed by atoms with Gasteiger partial charge in [-0.1, -0.05) is 29.8 Å². The Bertz CT molecular complexity index is 852. The molecule has 4 rings (SSSR count).